The quantitative estimate of drug-likeness (QED) is 0.330. The van der Waals surface area contributed by atoms with E-state index in [0.29, 0.717) is 49.9 Å². The van der Waals surface area contributed by atoms with Gasteiger partial charge in [-0.25, -0.2) is 13.8 Å². The highest BCUT2D eigenvalue weighted by atomic mass is 19.4. The lowest BCUT2D eigenvalue weighted by Crippen LogP contribution is -2.55. The molecule has 2 N–H and O–H groups in total. The van der Waals surface area contributed by atoms with E-state index in [0.717, 1.165) is 12.1 Å². The highest BCUT2D eigenvalue weighted by Crippen LogP contribution is 2.38. The van der Waals surface area contributed by atoms with Gasteiger partial charge in [0.25, 0.3) is 11.8 Å². The Bertz CT molecular complexity index is 1560. The number of halogens is 5. The zero-order chi connectivity index (χ0) is 32.3. The van der Waals surface area contributed by atoms with Crippen molar-refractivity contribution < 1.29 is 36.3 Å². The van der Waals surface area contributed by atoms with Crippen LogP contribution in [0.1, 0.15) is 53.0 Å². The molecule has 5 rings (SSSR count). The van der Waals surface area contributed by atoms with Crippen molar-refractivity contribution in [3.8, 4) is 17.0 Å². The fourth-order valence-corrected chi connectivity index (χ4v) is 5.93. The van der Waals surface area contributed by atoms with E-state index in [1.165, 1.54) is 11.1 Å². The number of pyridine rings is 1. The Labute approximate surface area is 257 Å². The third-order valence-electron chi connectivity index (χ3n) is 8.15. The van der Waals surface area contributed by atoms with Gasteiger partial charge in [0.05, 0.1) is 29.0 Å². The summed E-state index contributed by atoms with van der Waals surface area (Å²) in [5.74, 6) is -3.13. The SMILES string of the molecule is CCOc1ncccc1-c1ccc(N2CCN(C(=O)c3ccc(F)cc3C(F)(F)F)C[C@H]2CC)c(C(=O)N[C@@H]2CCNC2)c1F. The van der Waals surface area contributed by atoms with Crippen LogP contribution < -0.4 is 20.3 Å². The summed E-state index contributed by atoms with van der Waals surface area (Å²) in [6.07, 6.45) is -2.28. The minimum Gasteiger partial charge on any atom is -0.478 e. The first kappa shape index (κ1) is 32.1. The number of piperazine rings is 1. The number of nitrogens with zero attached hydrogens (tertiary/aromatic N) is 3. The number of anilines is 1. The van der Waals surface area contributed by atoms with Gasteiger partial charge in [-0.05, 0) is 68.8 Å². The Morgan fingerprint density at radius 2 is 1.89 bits per heavy atom. The van der Waals surface area contributed by atoms with E-state index in [1.54, 1.807) is 31.2 Å². The molecule has 8 nitrogen and oxygen atoms in total. The molecule has 0 spiro atoms. The van der Waals surface area contributed by atoms with Gasteiger partial charge in [0, 0.05) is 55.6 Å². The second-order valence-electron chi connectivity index (χ2n) is 11.0. The van der Waals surface area contributed by atoms with Gasteiger partial charge >= 0.3 is 6.18 Å². The fraction of sp³-hybridized carbons (Fsp3) is 0.406. The van der Waals surface area contributed by atoms with Crippen LogP contribution in [-0.2, 0) is 6.18 Å². The van der Waals surface area contributed by atoms with Crippen molar-refractivity contribution in [2.45, 2.75) is 44.9 Å². The molecule has 3 heterocycles. The Morgan fingerprint density at radius 3 is 2.58 bits per heavy atom. The van der Waals surface area contributed by atoms with Crippen molar-refractivity contribution in [1.29, 1.82) is 0 Å². The Morgan fingerprint density at radius 1 is 1.09 bits per heavy atom. The Kier molecular flexibility index (Phi) is 9.56. The molecular weight excluding hydrogens is 597 g/mol. The predicted molar refractivity (Wildman–Crippen MR) is 158 cm³/mol. The first-order valence-electron chi connectivity index (χ1n) is 14.9. The molecule has 0 bridgehead atoms. The van der Waals surface area contributed by atoms with Crippen LogP contribution in [0, 0.1) is 11.6 Å². The summed E-state index contributed by atoms with van der Waals surface area (Å²) in [6.45, 7) is 5.30. The maximum absolute atomic E-state index is 16.6. The minimum absolute atomic E-state index is 0.00191. The lowest BCUT2D eigenvalue weighted by molar-refractivity contribution is -0.138. The maximum atomic E-state index is 16.6. The van der Waals surface area contributed by atoms with Crippen LogP contribution in [0.2, 0.25) is 0 Å². The van der Waals surface area contributed by atoms with Gasteiger partial charge in [-0.1, -0.05) is 6.92 Å². The topological polar surface area (TPSA) is 86.8 Å². The van der Waals surface area contributed by atoms with Gasteiger partial charge in [-0.2, -0.15) is 13.2 Å². The van der Waals surface area contributed by atoms with Crippen LogP contribution in [-0.4, -0.2) is 73.1 Å². The second-order valence-corrected chi connectivity index (χ2v) is 11.0. The molecule has 240 valence electrons. The molecule has 13 heteroatoms. The molecule has 0 saturated carbocycles. The van der Waals surface area contributed by atoms with E-state index in [4.69, 9.17) is 4.74 Å². The van der Waals surface area contributed by atoms with Crippen LogP contribution in [0.5, 0.6) is 5.88 Å². The number of benzene rings is 2. The normalized spacial score (nSPS) is 18.6. The number of aromatic nitrogens is 1. The Balaban J connectivity index is 1.50. The number of amides is 2. The van der Waals surface area contributed by atoms with E-state index >= 15 is 4.39 Å². The van der Waals surface area contributed by atoms with E-state index in [1.807, 2.05) is 11.8 Å². The molecule has 2 aromatic carbocycles. The smallest absolute Gasteiger partial charge is 0.417 e. The average Bonchev–Trinajstić information content (AvgIpc) is 3.53. The number of hydrogen-bond acceptors (Lipinski definition) is 6. The third-order valence-corrected chi connectivity index (χ3v) is 8.15. The van der Waals surface area contributed by atoms with Crippen LogP contribution in [0.4, 0.5) is 27.6 Å². The maximum Gasteiger partial charge on any atom is 0.417 e. The summed E-state index contributed by atoms with van der Waals surface area (Å²) in [5.41, 5.74) is -1.36. The molecule has 0 radical (unpaired) electrons. The molecule has 45 heavy (non-hydrogen) atoms. The number of ether oxygens (including phenoxy) is 1. The molecule has 2 aliphatic heterocycles. The van der Waals surface area contributed by atoms with Gasteiger partial charge < -0.3 is 25.2 Å². The van der Waals surface area contributed by atoms with Gasteiger partial charge in [0.1, 0.15) is 11.6 Å². The lowest BCUT2D eigenvalue weighted by atomic mass is 9.97. The summed E-state index contributed by atoms with van der Waals surface area (Å²) < 4.78 is 76.9. The van der Waals surface area contributed by atoms with Crippen molar-refractivity contribution >= 4 is 17.5 Å². The summed E-state index contributed by atoms with van der Waals surface area (Å²) in [7, 11) is 0. The molecule has 0 unspecified atom stereocenters. The molecule has 0 aliphatic carbocycles. The third kappa shape index (κ3) is 6.73. The zero-order valence-electron chi connectivity index (χ0n) is 24.9. The largest absolute Gasteiger partial charge is 0.478 e. The highest BCUT2D eigenvalue weighted by molar-refractivity contribution is 6.02. The van der Waals surface area contributed by atoms with Crippen LogP contribution in [0.15, 0.2) is 48.7 Å². The molecule has 3 aromatic rings. The van der Waals surface area contributed by atoms with Crippen molar-refractivity contribution in [2.24, 2.45) is 0 Å². The van der Waals surface area contributed by atoms with Crippen molar-refractivity contribution in [3.05, 3.63) is 77.0 Å². The summed E-state index contributed by atoms with van der Waals surface area (Å²) in [6, 6.07) is 7.82. The van der Waals surface area contributed by atoms with E-state index in [-0.39, 0.29) is 42.7 Å². The Hall–Kier alpha value is -4.26. The van der Waals surface area contributed by atoms with Crippen molar-refractivity contribution in [1.82, 2.24) is 20.5 Å². The molecule has 2 amide bonds. The molecule has 2 aliphatic rings. The summed E-state index contributed by atoms with van der Waals surface area (Å²) in [5, 5.41) is 6.09. The second kappa shape index (κ2) is 13.4. The first-order chi connectivity index (χ1) is 21.5. The highest BCUT2D eigenvalue weighted by Gasteiger charge is 2.39. The average molecular weight is 632 g/mol. The zero-order valence-corrected chi connectivity index (χ0v) is 24.9. The molecule has 2 atom stereocenters. The number of carbonyl (C=O) groups is 2. The number of nitrogens with one attached hydrogen (secondary N) is 2. The summed E-state index contributed by atoms with van der Waals surface area (Å²) in [4.78, 5) is 34.4. The number of rotatable bonds is 8. The molecule has 2 saturated heterocycles. The fourth-order valence-electron chi connectivity index (χ4n) is 5.93. The summed E-state index contributed by atoms with van der Waals surface area (Å²) >= 11 is 0. The van der Waals surface area contributed by atoms with Crippen LogP contribution >= 0.6 is 0 Å². The monoisotopic (exact) mass is 631 g/mol. The first-order valence-corrected chi connectivity index (χ1v) is 14.9. The van der Waals surface area contributed by atoms with E-state index in [9.17, 15) is 27.2 Å². The minimum atomic E-state index is -4.92. The van der Waals surface area contributed by atoms with Crippen LogP contribution in [0.25, 0.3) is 11.1 Å². The lowest BCUT2D eigenvalue weighted by Gasteiger charge is -2.43. The predicted octanol–water partition coefficient (Wildman–Crippen LogP) is 5.28. The molecule has 2 fully saturated rings. The number of carbonyl (C=O) groups excluding carboxylic acids is 2. The molecule has 1 aromatic heterocycles. The molecular formula is C32H34F5N5O3. The van der Waals surface area contributed by atoms with Gasteiger partial charge in [0.2, 0.25) is 5.88 Å². The van der Waals surface area contributed by atoms with Gasteiger partial charge in [0.15, 0.2) is 0 Å². The van der Waals surface area contributed by atoms with Crippen molar-refractivity contribution in [2.75, 3.05) is 44.2 Å². The standard InChI is InChI=1S/C32H34F5N5O3/c1-3-21-18-41(31(44)24-8-7-19(33)16-25(24)32(35,36)37)14-15-42(21)26-10-9-22(23-6-5-12-39-30(23)45-4-2)28(34)27(26)29(43)40-20-11-13-38-17-20/h5-10,12,16,20-21,38H,3-4,11,13-15,17-18H2,1-2H3,(H,40,43)/t20-,21-/m1/s1. The number of hydrogen-bond donors (Lipinski definition) is 2. The van der Waals surface area contributed by atoms with Crippen LogP contribution in [0.3, 0.4) is 0 Å². The van der Waals surface area contributed by atoms with Gasteiger partial charge in [-0.3, -0.25) is 9.59 Å². The van der Waals surface area contributed by atoms with Gasteiger partial charge in [-0.15, -0.1) is 0 Å². The van der Waals surface area contributed by atoms with E-state index in [2.05, 4.69) is 15.6 Å². The number of alkyl halides is 3. The van der Waals surface area contributed by atoms with E-state index < -0.39 is 46.8 Å². The van der Waals surface area contributed by atoms with Crippen molar-refractivity contribution in [3.63, 3.8) is 0 Å².